The van der Waals surface area contributed by atoms with Gasteiger partial charge in [-0.3, -0.25) is 0 Å². The van der Waals surface area contributed by atoms with E-state index in [1.165, 1.54) is 0 Å². The van der Waals surface area contributed by atoms with Gasteiger partial charge in [-0.15, -0.1) is 0 Å². The number of nitrogens with two attached hydrogens (primary N) is 1. The molecule has 0 heterocycles. The predicted octanol–water partition coefficient (Wildman–Crippen LogP) is 2.92. The Morgan fingerprint density at radius 3 is 2.80 bits per heavy atom. The Morgan fingerprint density at radius 1 is 1.40 bits per heavy atom. The van der Waals surface area contributed by atoms with Crippen molar-refractivity contribution in [1.29, 1.82) is 0 Å². The number of thiocarbonyl (C=S) groups is 1. The molecule has 2 N–H and O–H groups in total. The lowest BCUT2D eigenvalue weighted by Gasteiger charge is -2.05. The van der Waals surface area contributed by atoms with Crippen LogP contribution in [-0.2, 0) is 11.3 Å². The van der Waals surface area contributed by atoms with Gasteiger partial charge < -0.3 is 10.5 Å². The molecule has 1 rings (SSSR count). The quantitative estimate of drug-likeness (QED) is 0.616. The van der Waals surface area contributed by atoms with Gasteiger partial charge in [-0.1, -0.05) is 42.0 Å². The average molecular weight is 244 g/mol. The van der Waals surface area contributed by atoms with Crippen molar-refractivity contribution in [2.75, 3.05) is 6.61 Å². The van der Waals surface area contributed by atoms with Gasteiger partial charge in [-0.25, -0.2) is 0 Å². The van der Waals surface area contributed by atoms with Gasteiger partial charge in [-0.05, 0) is 24.5 Å². The molecule has 0 amide bonds. The molecule has 0 fully saturated rings. The number of halogens is 1. The van der Waals surface area contributed by atoms with Gasteiger partial charge >= 0.3 is 0 Å². The smallest absolute Gasteiger partial charge is 0.0731 e. The Morgan fingerprint density at radius 2 is 2.13 bits per heavy atom. The summed E-state index contributed by atoms with van der Waals surface area (Å²) in [6.07, 6.45) is 1.59. The van der Waals surface area contributed by atoms with Crippen molar-refractivity contribution < 1.29 is 4.74 Å². The maximum Gasteiger partial charge on any atom is 0.0731 e. The Kier molecular flexibility index (Phi) is 5.61. The third-order valence-electron chi connectivity index (χ3n) is 1.93. The van der Waals surface area contributed by atoms with E-state index < -0.39 is 0 Å². The summed E-state index contributed by atoms with van der Waals surface area (Å²) < 4.78 is 5.45. The van der Waals surface area contributed by atoms with Crippen LogP contribution in [0.1, 0.15) is 18.4 Å². The summed E-state index contributed by atoms with van der Waals surface area (Å²) in [5.41, 5.74) is 6.37. The van der Waals surface area contributed by atoms with E-state index in [1.54, 1.807) is 0 Å². The minimum atomic E-state index is 0.538. The van der Waals surface area contributed by atoms with E-state index in [9.17, 15) is 0 Å². The normalized spacial score (nSPS) is 10.2. The second-order valence-electron chi connectivity index (χ2n) is 3.21. The van der Waals surface area contributed by atoms with Gasteiger partial charge in [0.15, 0.2) is 0 Å². The number of benzene rings is 1. The fourth-order valence-electron chi connectivity index (χ4n) is 1.15. The first-order valence-electron chi connectivity index (χ1n) is 4.79. The lowest BCUT2D eigenvalue weighted by molar-refractivity contribution is 0.120. The van der Waals surface area contributed by atoms with E-state index in [0.29, 0.717) is 18.2 Å². The maximum absolute atomic E-state index is 5.97. The Labute approximate surface area is 100 Å². The standard InChI is InChI=1S/C11H14ClNOS/c12-10-5-2-1-4-9(10)8-14-7-3-6-11(13)15/h1-2,4-5H,3,6-8H2,(H2,13,15). The highest BCUT2D eigenvalue weighted by Gasteiger charge is 1.98. The molecule has 0 radical (unpaired) electrons. The van der Waals surface area contributed by atoms with Gasteiger partial charge in [0.2, 0.25) is 0 Å². The SMILES string of the molecule is NC(=S)CCCOCc1ccccc1Cl. The summed E-state index contributed by atoms with van der Waals surface area (Å²) in [6.45, 7) is 1.19. The van der Waals surface area contributed by atoms with Gasteiger partial charge in [-0.2, -0.15) is 0 Å². The predicted molar refractivity (Wildman–Crippen MR) is 67.1 cm³/mol. The largest absolute Gasteiger partial charge is 0.393 e. The van der Waals surface area contributed by atoms with E-state index in [1.807, 2.05) is 24.3 Å². The number of hydrogen-bond acceptors (Lipinski definition) is 2. The molecule has 0 atom stereocenters. The molecule has 0 aliphatic carbocycles. The van der Waals surface area contributed by atoms with E-state index in [4.69, 9.17) is 34.3 Å². The van der Waals surface area contributed by atoms with Crippen LogP contribution < -0.4 is 5.73 Å². The van der Waals surface area contributed by atoms with Crippen LogP contribution in [-0.4, -0.2) is 11.6 Å². The lowest BCUT2D eigenvalue weighted by Crippen LogP contribution is -2.08. The number of ether oxygens (including phenoxy) is 1. The van der Waals surface area contributed by atoms with Crippen LogP contribution in [0.3, 0.4) is 0 Å². The third kappa shape index (κ3) is 5.11. The molecule has 0 saturated heterocycles. The van der Waals surface area contributed by atoms with Gasteiger partial charge in [0.05, 0.1) is 11.6 Å². The molecule has 82 valence electrons. The fraction of sp³-hybridized carbons (Fsp3) is 0.364. The van der Waals surface area contributed by atoms with E-state index in [0.717, 1.165) is 23.4 Å². The molecular formula is C11H14ClNOS. The zero-order chi connectivity index (χ0) is 11.1. The van der Waals surface area contributed by atoms with Gasteiger partial charge in [0.25, 0.3) is 0 Å². The van der Waals surface area contributed by atoms with Crippen molar-refractivity contribution >= 4 is 28.8 Å². The zero-order valence-electron chi connectivity index (χ0n) is 8.41. The second kappa shape index (κ2) is 6.77. The Balaban J connectivity index is 2.21. The van der Waals surface area contributed by atoms with Crippen LogP contribution in [0.25, 0.3) is 0 Å². The monoisotopic (exact) mass is 243 g/mol. The van der Waals surface area contributed by atoms with Crippen molar-refractivity contribution in [2.24, 2.45) is 5.73 Å². The minimum Gasteiger partial charge on any atom is -0.393 e. The van der Waals surface area contributed by atoms with Crippen molar-refractivity contribution in [3.8, 4) is 0 Å². The highest BCUT2D eigenvalue weighted by molar-refractivity contribution is 7.80. The van der Waals surface area contributed by atoms with Crippen LogP contribution in [0.5, 0.6) is 0 Å². The maximum atomic E-state index is 5.97. The molecule has 0 unspecified atom stereocenters. The topological polar surface area (TPSA) is 35.2 Å². The molecule has 0 bridgehead atoms. The summed E-state index contributed by atoms with van der Waals surface area (Å²) in [7, 11) is 0. The second-order valence-corrected chi connectivity index (χ2v) is 4.15. The molecular weight excluding hydrogens is 230 g/mol. The summed E-state index contributed by atoms with van der Waals surface area (Å²) >= 11 is 10.7. The molecule has 1 aromatic rings. The fourth-order valence-corrected chi connectivity index (χ4v) is 1.48. The van der Waals surface area contributed by atoms with E-state index >= 15 is 0 Å². The van der Waals surface area contributed by atoms with E-state index in [2.05, 4.69) is 0 Å². The van der Waals surface area contributed by atoms with Crippen molar-refractivity contribution in [3.63, 3.8) is 0 Å². The van der Waals surface area contributed by atoms with Crippen LogP contribution in [0.2, 0.25) is 5.02 Å². The molecule has 1 aromatic carbocycles. The minimum absolute atomic E-state index is 0.538. The summed E-state index contributed by atoms with van der Waals surface area (Å²) in [6, 6.07) is 7.66. The summed E-state index contributed by atoms with van der Waals surface area (Å²) in [5.74, 6) is 0. The van der Waals surface area contributed by atoms with Crippen molar-refractivity contribution in [2.45, 2.75) is 19.4 Å². The zero-order valence-corrected chi connectivity index (χ0v) is 9.98. The van der Waals surface area contributed by atoms with Crippen molar-refractivity contribution in [1.82, 2.24) is 0 Å². The lowest BCUT2D eigenvalue weighted by atomic mass is 10.2. The molecule has 0 aliphatic heterocycles. The first-order chi connectivity index (χ1) is 7.20. The molecule has 4 heteroatoms. The van der Waals surface area contributed by atoms with E-state index in [-0.39, 0.29) is 0 Å². The van der Waals surface area contributed by atoms with Crippen LogP contribution in [0, 0.1) is 0 Å². The first-order valence-corrected chi connectivity index (χ1v) is 5.58. The molecule has 2 nitrogen and oxygen atoms in total. The first kappa shape index (κ1) is 12.4. The molecule has 0 aromatic heterocycles. The molecule has 15 heavy (non-hydrogen) atoms. The number of rotatable bonds is 6. The van der Waals surface area contributed by atoms with Gasteiger partial charge in [0.1, 0.15) is 0 Å². The Bertz CT molecular complexity index is 330. The van der Waals surface area contributed by atoms with Crippen LogP contribution >= 0.6 is 23.8 Å². The van der Waals surface area contributed by atoms with Crippen LogP contribution in [0.15, 0.2) is 24.3 Å². The molecule has 0 saturated carbocycles. The Hall–Kier alpha value is -0.640. The summed E-state index contributed by atoms with van der Waals surface area (Å²) in [5, 5.41) is 0.742. The molecule has 0 aliphatic rings. The number of hydrogen-bond donors (Lipinski definition) is 1. The van der Waals surface area contributed by atoms with Crippen LogP contribution in [0.4, 0.5) is 0 Å². The van der Waals surface area contributed by atoms with Gasteiger partial charge in [0, 0.05) is 11.6 Å². The highest BCUT2D eigenvalue weighted by Crippen LogP contribution is 2.15. The highest BCUT2D eigenvalue weighted by atomic mass is 35.5. The molecule has 0 spiro atoms. The third-order valence-corrected chi connectivity index (χ3v) is 2.50. The average Bonchev–Trinajstić information content (AvgIpc) is 2.20. The summed E-state index contributed by atoms with van der Waals surface area (Å²) in [4.78, 5) is 0.538. The van der Waals surface area contributed by atoms with Crippen molar-refractivity contribution in [3.05, 3.63) is 34.9 Å².